The molecule has 0 saturated carbocycles. The molecule has 0 N–H and O–H groups in total. The van der Waals surface area contributed by atoms with Gasteiger partial charge >= 0.3 is 0 Å². The number of unbranched alkanes of at least 4 members (excludes halogenated alkanes) is 1. The van der Waals surface area contributed by atoms with E-state index in [1.807, 2.05) is 6.92 Å². The van der Waals surface area contributed by atoms with E-state index in [1.54, 1.807) is 25.1 Å². The first-order valence-corrected chi connectivity index (χ1v) is 8.88. The van der Waals surface area contributed by atoms with Crippen LogP contribution in [0, 0.1) is 6.92 Å². The number of hydrogen-bond acceptors (Lipinski definition) is 4. The van der Waals surface area contributed by atoms with Crippen LogP contribution < -0.4 is 0 Å². The molecule has 5 nitrogen and oxygen atoms in total. The van der Waals surface area contributed by atoms with Gasteiger partial charge in [0.15, 0.2) is 0 Å². The fourth-order valence-corrected chi connectivity index (χ4v) is 3.41. The summed E-state index contributed by atoms with van der Waals surface area (Å²) in [7, 11) is -3.45. The van der Waals surface area contributed by atoms with Crippen LogP contribution in [0.5, 0.6) is 0 Å². The maximum atomic E-state index is 12.1. The minimum absolute atomic E-state index is 0.0499. The van der Waals surface area contributed by atoms with Crippen LogP contribution in [-0.2, 0) is 9.84 Å². The molecule has 21 heavy (non-hydrogen) atoms. The van der Waals surface area contributed by atoms with Crippen LogP contribution >= 0.6 is 23.2 Å². The first kappa shape index (κ1) is 16.3. The second-order valence-electron chi connectivity index (χ2n) is 4.62. The van der Waals surface area contributed by atoms with Crippen molar-refractivity contribution >= 4 is 33.0 Å². The summed E-state index contributed by atoms with van der Waals surface area (Å²) in [6, 6.07) is 4.96. The first-order valence-electron chi connectivity index (χ1n) is 6.47. The number of aryl methyl sites for hydroxylation is 1. The van der Waals surface area contributed by atoms with Crippen molar-refractivity contribution in [2.45, 2.75) is 31.8 Å². The van der Waals surface area contributed by atoms with Crippen molar-refractivity contribution < 1.29 is 8.42 Å². The fraction of sp³-hybridized carbons (Fsp3) is 0.385. The zero-order valence-corrected chi connectivity index (χ0v) is 14.0. The van der Waals surface area contributed by atoms with Gasteiger partial charge in [0, 0.05) is 0 Å². The molecule has 0 saturated heterocycles. The number of hydrogen-bond donors (Lipinski definition) is 0. The highest BCUT2D eigenvalue weighted by atomic mass is 35.5. The minimum atomic E-state index is -3.45. The van der Waals surface area contributed by atoms with Crippen LogP contribution in [0.4, 0.5) is 0 Å². The van der Waals surface area contributed by atoms with E-state index in [-0.39, 0.29) is 10.9 Å². The predicted molar refractivity (Wildman–Crippen MR) is 83.1 cm³/mol. The largest absolute Gasteiger partial charge is 0.267 e. The molecule has 0 spiro atoms. The van der Waals surface area contributed by atoms with Gasteiger partial charge in [-0.2, -0.15) is 0 Å². The Morgan fingerprint density at radius 1 is 1.24 bits per heavy atom. The van der Waals surface area contributed by atoms with E-state index in [9.17, 15) is 8.42 Å². The van der Waals surface area contributed by atoms with Gasteiger partial charge in [0.1, 0.15) is 5.82 Å². The number of sulfone groups is 1. The number of halogens is 2. The van der Waals surface area contributed by atoms with Gasteiger partial charge in [0.2, 0.25) is 9.84 Å². The molecule has 1 aromatic heterocycles. The standard InChI is InChI=1S/C13H15Cl2N3O2S/c1-3-4-7-21(19,20)13-16-9(2)18(17-13)10-5-6-11(14)12(15)8-10/h5-6,8H,3-4,7H2,1-2H3. The number of rotatable bonds is 5. The molecule has 2 aromatic rings. The molecular formula is C13H15Cl2N3O2S. The molecule has 2 rings (SSSR count). The van der Waals surface area contributed by atoms with Gasteiger partial charge in [-0.1, -0.05) is 36.5 Å². The smallest absolute Gasteiger partial charge is 0.220 e. The lowest BCUT2D eigenvalue weighted by Crippen LogP contribution is -2.09. The number of nitrogens with zero attached hydrogens (tertiary/aromatic N) is 3. The summed E-state index contributed by atoms with van der Waals surface area (Å²) in [6.07, 6.45) is 1.38. The average molecular weight is 348 g/mol. The summed E-state index contributed by atoms with van der Waals surface area (Å²) in [5.41, 5.74) is 0.617. The molecular weight excluding hydrogens is 333 g/mol. The Morgan fingerprint density at radius 3 is 2.57 bits per heavy atom. The van der Waals surface area contributed by atoms with Crippen LogP contribution in [0.2, 0.25) is 10.0 Å². The summed E-state index contributed by atoms with van der Waals surface area (Å²) in [5.74, 6) is 0.525. The van der Waals surface area contributed by atoms with Crippen LogP contribution in [0.15, 0.2) is 23.4 Å². The summed E-state index contributed by atoms with van der Waals surface area (Å²) in [6.45, 7) is 3.62. The molecule has 0 amide bonds. The molecule has 0 atom stereocenters. The van der Waals surface area contributed by atoms with Gasteiger partial charge in [-0.05, 0) is 31.5 Å². The third-order valence-corrected chi connectivity index (χ3v) is 5.24. The fourth-order valence-electron chi connectivity index (χ4n) is 1.78. The maximum absolute atomic E-state index is 12.1. The van der Waals surface area contributed by atoms with E-state index in [2.05, 4.69) is 10.1 Å². The van der Waals surface area contributed by atoms with Gasteiger partial charge < -0.3 is 0 Å². The lowest BCUT2D eigenvalue weighted by atomic mass is 10.3. The molecule has 1 heterocycles. The normalized spacial score (nSPS) is 11.8. The second-order valence-corrected chi connectivity index (χ2v) is 7.44. The van der Waals surface area contributed by atoms with Crippen molar-refractivity contribution in [3.63, 3.8) is 0 Å². The molecule has 8 heteroatoms. The lowest BCUT2D eigenvalue weighted by Gasteiger charge is -2.04. The first-order chi connectivity index (χ1) is 9.85. The van der Waals surface area contributed by atoms with Crippen molar-refractivity contribution in [1.29, 1.82) is 0 Å². The van der Waals surface area contributed by atoms with Crippen LogP contribution in [-0.4, -0.2) is 28.9 Å². The van der Waals surface area contributed by atoms with Crippen molar-refractivity contribution in [3.05, 3.63) is 34.1 Å². The molecule has 0 aliphatic carbocycles. The van der Waals surface area contributed by atoms with E-state index in [1.165, 1.54) is 4.68 Å². The number of aromatic nitrogens is 3. The summed E-state index contributed by atoms with van der Waals surface area (Å²) >= 11 is 11.8. The molecule has 0 aliphatic heterocycles. The van der Waals surface area contributed by atoms with Crippen molar-refractivity contribution in [2.24, 2.45) is 0 Å². The number of benzene rings is 1. The Morgan fingerprint density at radius 2 is 1.95 bits per heavy atom. The minimum Gasteiger partial charge on any atom is -0.220 e. The Hall–Kier alpha value is -1.11. The maximum Gasteiger partial charge on any atom is 0.267 e. The molecule has 0 fully saturated rings. The third-order valence-electron chi connectivity index (χ3n) is 2.94. The summed E-state index contributed by atoms with van der Waals surface area (Å²) in [4.78, 5) is 4.05. The zero-order chi connectivity index (χ0) is 15.6. The predicted octanol–water partition coefficient (Wildman–Crippen LogP) is 3.46. The van der Waals surface area contributed by atoms with Crippen molar-refractivity contribution in [2.75, 3.05) is 5.75 Å². The van der Waals surface area contributed by atoms with Gasteiger partial charge in [-0.25, -0.2) is 18.1 Å². The molecule has 0 bridgehead atoms. The molecule has 1 aromatic carbocycles. The van der Waals surface area contributed by atoms with E-state index in [4.69, 9.17) is 23.2 Å². The van der Waals surface area contributed by atoms with E-state index in [0.29, 0.717) is 28.0 Å². The van der Waals surface area contributed by atoms with Gasteiger partial charge in [0.05, 0.1) is 21.5 Å². The molecule has 0 radical (unpaired) electrons. The van der Waals surface area contributed by atoms with Crippen LogP contribution in [0.3, 0.4) is 0 Å². The summed E-state index contributed by atoms with van der Waals surface area (Å²) in [5, 5.41) is 4.74. The van der Waals surface area contributed by atoms with E-state index < -0.39 is 9.84 Å². The van der Waals surface area contributed by atoms with Crippen LogP contribution in [0.1, 0.15) is 25.6 Å². The van der Waals surface area contributed by atoms with Gasteiger partial charge in [-0.15, -0.1) is 5.10 Å². The lowest BCUT2D eigenvalue weighted by molar-refractivity contribution is 0.583. The quantitative estimate of drug-likeness (QED) is 0.830. The van der Waals surface area contributed by atoms with Crippen molar-refractivity contribution in [1.82, 2.24) is 14.8 Å². The molecule has 114 valence electrons. The third kappa shape index (κ3) is 3.56. The van der Waals surface area contributed by atoms with Crippen LogP contribution in [0.25, 0.3) is 5.69 Å². The molecule has 0 unspecified atom stereocenters. The Bertz CT molecular complexity index is 757. The Balaban J connectivity index is 2.41. The topological polar surface area (TPSA) is 64.8 Å². The Labute approximate surface area is 133 Å². The Kier molecular flexibility index (Phi) is 4.91. The highest BCUT2D eigenvalue weighted by Crippen LogP contribution is 2.25. The van der Waals surface area contributed by atoms with Gasteiger partial charge in [-0.3, -0.25) is 0 Å². The monoisotopic (exact) mass is 347 g/mol. The summed E-state index contributed by atoms with van der Waals surface area (Å²) < 4.78 is 25.7. The van der Waals surface area contributed by atoms with E-state index >= 15 is 0 Å². The average Bonchev–Trinajstić information content (AvgIpc) is 2.83. The second kappa shape index (κ2) is 6.34. The zero-order valence-electron chi connectivity index (χ0n) is 11.7. The highest BCUT2D eigenvalue weighted by molar-refractivity contribution is 7.91. The highest BCUT2D eigenvalue weighted by Gasteiger charge is 2.21. The SMILES string of the molecule is CCCCS(=O)(=O)c1nc(C)n(-c2ccc(Cl)c(Cl)c2)n1. The molecule has 0 aliphatic rings. The van der Waals surface area contributed by atoms with E-state index in [0.717, 1.165) is 6.42 Å². The van der Waals surface area contributed by atoms with Gasteiger partial charge in [0.25, 0.3) is 5.16 Å². The van der Waals surface area contributed by atoms with Crippen molar-refractivity contribution in [3.8, 4) is 5.69 Å².